The van der Waals surface area contributed by atoms with Crippen molar-refractivity contribution in [2.24, 2.45) is 0 Å². The van der Waals surface area contributed by atoms with Gasteiger partial charge in [0.15, 0.2) is 0 Å². The van der Waals surface area contributed by atoms with Crippen LogP contribution in [0.25, 0.3) is 0 Å². The molecule has 8 heteroatoms. The van der Waals surface area contributed by atoms with Gasteiger partial charge in [-0.2, -0.15) is 5.10 Å². The lowest BCUT2D eigenvalue weighted by molar-refractivity contribution is -0.137. The minimum absolute atomic E-state index is 0.0408. The number of amides is 1. The zero-order chi connectivity index (χ0) is 19.2. The molecule has 0 unspecified atom stereocenters. The summed E-state index contributed by atoms with van der Waals surface area (Å²) < 4.78 is 7.25. The number of carbonyl (C=O) groups excluding carboxylic acids is 1. The van der Waals surface area contributed by atoms with E-state index in [1.165, 1.54) is 6.20 Å². The molecule has 0 aliphatic carbocycles. The summed E-state index contributed by atoms with van der Waals surface area (Å²) in [6.07, 6.45) is 4.86. The van der Waals surface area contributed by atoms with Gasteiger partial charge in [0.1, 0.15) is 0 Å². The van der Waals surface area contributed by atoms with Crippen molar-refractivity contribution >= 4 is 23.5 Å². The molecule has 1 fully saturated rings. The Hall–Kier alpha value is -2.38. The first-order chi connectivity index (χ1) is 13.0. The Bertz CT molecular complexity index is 802. The summed E-state index contributed by atoms with van der Waals surface area (Å²) in [5.74, 6) is -1.17. The van der Waals surface area contributed by atoms with Crippen molar-refractivity contribution < 1.29 is 19.4 Å². The Morgan fingerprint density at radius 1 is 1.37 bits per heavy atom. The Morgan fingerprint density at radius 3 is 2.89 bits per heavy atom. The van der Waals surface area contributed by atoms with Crippen LogP contribution in [0.5, 0.6) is 0 Å². The second-order valence-corrected chi connectivity index (χ2v) is 6.96. The molecule has 3 rings (SSSR count). The third kappa shape index (κ3) is 5.30. The summed E-state index contributed by atoms with van der Waals surface area (Å²) in [5.41, 5.74) is 1.33. The fourth-order valence-electron chi connectivity index (χ4n) is 3.08. The summed E-state index contributed by atoms with van der Waals surface area (Å²) >= 11 is 6.17. The third-order valence-electron chi connectivity index (χ3n) is 4.50. The highest BCUT2D eigenvalue weighted by molar-refractivity contribution is 6.31. The molecule has 2 aromatic rings. The molecule has 1 N–H and O–H groups in total. The maximum atomic E-state index is 12.9. The smallest absolute Gasteiger partial charge is 0.305 e. The van der Waals surface area contributed by atoms with Gasteiger partial charge in [0.2, 0.25) is 0 Å². The monoisotopic (exact) mass is 391 g/mol. The predicted molar refractivity (Wildman–Crippen MR) is 99.9 cm³/mol. The van der Waals surface area contributed by atoms with Crippen LogP contribution in [0, 0.1) is 0 Å². The van der Waals surface area contributed by atoms with Gasteiger partial charge in [-0.1, -0.05) is 29.8 Å². The van der Waals surface area contributed by atoms with E-state index in [0.29, 0.717) is 30.3 Å². The van der Waals surface area contributed by atoms with Crippen LogP contribution < -0.4 is 0 Å². The van der Waals surface area contributed by atoms with Gasteiger partial charge in [-0.15, -0.1) is 0 Å². The van der Waals surface area contributed by atoms with Crippen molar-refractivity contribution in [1.82, 2.24) is 14.7 Å². The Morgan fingerprint density at radius 2 is 2.19 bits per heavy atom. The van der Waals surface area contributed by atoms with E-state index in [1.807, 2.05) is 24.3 Å². The molecule has 0 radical (unpaired) electrons. The topological polar surface area (TPSA) is 84.7 Å². The minimum atomic E-state index is -0.936. The molecule has 2 heterocycles. The summed E-state index contributed by atoms with van der Waals surface area (Å²) in [6, 6.07) is 7.46. The van der Waals surface area contributed by atoms with E-state index in [4.69, 9.17) is 21.4 Å². The minimum Gasteiger partial charge on any atom is -0.481 e. The fraction of sp³-hybridized carbons (Fsp3) is 0.421. The van der Waals surface area contributed by atoms with Crippen LogP contribution in [0.15, 0.2) is 36.7 Å². The number of carboxylic acid groups (broad SMARTS) is 1. The van der Waals surface area contributed by atoms with E-state index in [2.05, 4.69) is 5.10 Å². The number of nitrogens with zero attached hydrogens (tertiary/aromatic N) is 3. The summed E-state index contributed by atoms with van der Waals surface area (Å²) in [7, 11) is 0. The van der Waals surface area contributed by atoms with E-state index >= 15 is 0 Å². The largest absolute Gasteiger partial charge is 0.481 e. The number of hydrogen-bond donors (Lipinski definition) is 1. The summed E-state index contributed by atoms with van der Waals surface area (Å²) in [5, 5.41) is 13.9. The summed E-state index contributed by atoms with van der Waals surface area (Å²) in [4.78, 5) is 25.4. The van der Waals surface area contributed by atoms with Crippen molar-refractivity contribution in [3.05, 3.63) is 52.8 Å². The number of carbonyl (C=O) groups is 2. The molecular weight excluding hydrogens is 370 g/mol. The molecule has 1 aliphatic rings. The number of aliphatic carboxylic acids is 1. The van der Waals surface area contributed by atoms with Crippen LogP contribution >= 0.6 is 11.6 Å². The molecule has 1 saturated heterocycles. The molecule has 1 aromatic heterocycles. The number of carboxylic acids is 1. The van der Waals surface area contributed by atoms with Gasteiger partial charge >= 0.3 is 5.97 Å². The second-order valence-electron chi connectivity index (χ2n) is 6.55. The van der Waals surface area contributed by atoms with Gasteiger partial charge in [0, 0.05) is 30.9 Å². The molecule has 1 aromatic carbocycles. The zero-order valence-electron chi connectivity index (χ0n) is 14.9. The number of hydrogen-bond acceptors (Lipinski definition) is 4. The average molecular weight is 392 g/mol. The van der Waals surface area contributed by atoms with Crippen molar-refractivity contribution in [3.63, 3.8) is 0 Å². The van der Waals surface area contributed by atoms with Gasteiger partial charge in [-0.3, -0.25) is 14.3 Å². The predicted octanol–water partition coefficient (Wildman–Crippen LogP) is 2.68. The quantitative estimate of drug-likeness (QED) is 0.747. The molecule has 144 valence electrons. The van der Waals surface area contributed by atoms with Gasteiger partial charge in [-0.05, 0) is 24.5 Å². The van der Waals surface area contributed by atoms with E-state index in [0.717, 1.165) is 18.4 Å². The van der Waals surface area contributed by atoms with Gasteiger partial charge in [0.25, 0.3) is 5.91 Å². The lowest BCUT2D eigenvalue weighted by atomic mass is 10.2. The third-order valence-corrected chi connectivity index (χ3v) is 4.87. The molecule has 27 heavy (non-hydrogen) atoms. The molecule has 1 atom stereocenters. The van der Waals surface area contributed by atoms with Crippen molar-refractivity contribution in [2.45, 2.75) is 31.9 Å². The van der Waals surface area contributed by atoms with Crippen molar-refractivity contribution in [1.29, 1.82) is 0 Å². The number of rotatable bonds is 8. The zero-order valence-corrected chi connectivity index (χ0v) is 15.6. The van der Waals surface area contributed by atoms with E-state index < -0.39 is 5.97 Å². The molecule has 0 saturated carbocycles. The maximum absolute atomic E-state index is 12.9. The molecule has 7 nitrogen and oxygen atoms in total. The first kappa shape index (κ1) is 19.4. The highest BCUT2D eigenvalue weighted by Gasteiger charge is 2.24. The molecule has 0 spiro atoms. The number of halogens is 1. The van der Waals surface area contributed by atoms with Crippen LogP contribution in [-0.4, -0.2) is 57.5 Å². The molecule has 1 aliphatic heterocycles. The SMILES string of the molecule is O=C(O)CCN(C[C@H]1CCCO1)C(=O)c1cnn(Cc2ccccc2Cl)c1. The fourth-order valence-corrected chi connectivity index (χ4v) is 3.28. The van der Waals surface area contributed by atoms with Crippen LogP contribution in [0.2, 0.25) is 5.02 Å². The first-order valence-corrected chi connectivity index (χ1v) is 9.29. The van der Waals surface area contributed by atoms with Crippen LogP contribution in [-0.2, 0) is 16.1 Å². The number of aromatic nitrogens is 2. The van der Waals surface area contributed by atoms with Crippen LogP contribution in [0.3, 0.4) is 0 Å². The normalized spacial score (nSPS) is 16.4. The Balaban J connectivity index is 1.70. The molecular formula is C19H22ClN3O4. The van der Waals surface area contributed by atoms with Crippen LogP contribution in [0.1, 0.15) is 35.2 Å². The van der Waals surface area contributed by atoms with Gasteiger partial charge in [-0.25, -0.2) is 0 Å². The van der Waals surface area contributed by atoms with Crippen LogP contribution in [0.4, 0.5) is 0 Å². The lowest BCUT2D eigenvalue weighted by Gasteiger charge is -2.24. The Kier molecular flexibility index (Phi) is 6.47. The number of ether oxygens (including phenoxy) is 1. The van der Waals surface area contributed by atoms with Crippen molar-refractivity contribution in [3.8, 4) is 0 Å². The van der Waals surface area contributed by atoms with E-state index in [-0.39, 0.29) is 25.0 Å². The highest BCUT2D eigenvalue weighted by atomic mass is 35.5. The average Bonchev–Trinajstić information content (AvgIpc) is 3.32. The van der Waals surface area contributed by atoms with Gasteiger partial charge < -0.3 is 14.7 Å². The van der Waals surface area contributed by atoms with Gasteiger partial charge in [0.05, 0.1) is 30.8 Å². The standard InChI is InChI=1S/C19H22ClN3O4/c20-17-6-2-1-4-14(17)11-23-12-15(10-21-23)19(26)22(8-7-18(24)25)13-16-5-3-9-27-16/h1-2,4,6,10,12,16H,3,5,7-9,11,13H2,(H,24,25)/t16-/m1/s1. The van der Waals surface area contributed by atoms with E-state index in [1.54, 1.807) is 15.8 Å². The highest BCUT2D eigenvalue weighted by Crippen LogP contribution is 2.18. The first-order valence-electron chi connectivity index (χ1n) is 8.91. The molecule has 1 amide bonds. The number of benzene rings is 1. The van der Waals surface area contributed by atoms with Crippen molar-refractivity contribution in [2.75, 3.05) is 19.7 Å². The van der Waals surface area contributed by atoms with E-state index in [9.17, 15) is 9.59 Å². The Labute approximate surface area is 162 Å². The maximum Gasteiger partial charge on any atom is 0.305 e. The molecule has 0 bridgehead atoms. The second kappa shape index (κ2) is 9.01. The lowest BCUT2D eigenvalue weighted by Crippen LogP contribution is -2.38. The summed E-state index contributed by atoms with van der Waals surface area (Å²) in [6.45, 7) is 1.67.